The molecule has 0 amide bonds. The molecule has 52 valence electrons. The molecule has 0 saturated carbocycles. The van der Waals surface area contributed by atoms with E-state index in [1.54, 1.807) is 0 Å². The topological polar surface area (TPSA) is 41.8 Å². The van der Waals surface area contributed by atoms with E-state index in [2.05, 4.69) is 17.6 Å². The third kappa shape index (κ3) is 7.59. The van der Waals surface area contributed by atoms with Crippen LogP contribution in [0.3, 0.4) is 0 Å². The second kappa shape index (κ2) is 7.59. The fourth-order valence-electron chi connectivity index (χ4n) is 0.278. The molecule has 3 N–H and O–H groups in total. The van der Waals surface area contributed by atoms with Crippen molar-refractivity contribution in [2.75, 3.05) is 12.3 Å². The lowest BCUT2D eigenvalue weighted by atomic mass is 10.7. The van der Waals surface area contributed by atoms with Gasteiger partial charge in [0.15, 0.2) is 0 Å². The van der Waals surface area contributed by atoms with Gasteiger partial charge < -0.3 is 10.7 Å². The number of aromatic amines is 1. The van der Waals surface area contributed by atoms with Crippen molar-refractivity contribution >= 4 is 12.6 Å². The van der Waals surface area contributed by atoms with Crippen molar-refractivity contribution < 1.29 is 0 Å². The summed E-state index contributed by atoms with van der Waals surface area (Å²) in [4.78, 5) is 2.86. The Labute approximate surface area is 60.9 Å². The van der Waals surface area contributed by atoms with Crippen LogP contribution in [0.1, 0.15) is 0 Å². The van der Waals surface area contributed by atoms with Crippen LogP contribution in [0.5, 0.6) is 0 Å². The van der Waals surface area contributed by atoms with E-state index in [0.29, 0.717) is 6.54 Å². The Kier molecular flexibility index (Phi) is 7.24. The Balaban J connectivity index is 0.000000148. The van der Waals surface area contributed by atoms with Gasteiger partial charge in [-0.2, -0.15) is 12.6 Å². The predicted octanol–water partition coefficient (Wildman–Crippen LogP) is 0.890. The van der Waals surface area contributed by atoms with E-state index in [1.807, 2.05) is 24.5 Å². The van der Waals surface area contributed by atoms with Crippen molar-refractivity contribution in [2.45, 2.75) is 0 Å². The number of H-pyrrole nitrogens is 1. The summed E-state index contributed by atoms with van der Waals surface area (Å²) >= 11 is 3.80. The van der Waals surface area contributed by atoms with E-state index in [0.717, 1.165) is 5.75 Å². The average molecular weight is 144 g/mol. The molecular weight excluding hydrogens is 132 g/mol. The Hall–Kier alpha value is -0.410. The van der Waals surface area contributed by atoms with Gasteiger partial charge in [0.05, 0.1) is 0 Å². The third-order valence-corrected chi connectivity index (χ3v) is 0.883. The van der Waals surface area contributed by atoms with E-state index in [4.69, 9.17) is 5.73 Å². The molecule has 0 aliphatic carbocycles. The van der Waals surface area contributed by atoms with Crippen LogP contribution in [0.4, 0.5) is 0 Å². The number of aromatic nitrogens is 1. The number of thiol groups is 1. The normalized spacial score (nSPS) is 7.78. The third-order valence-electron chi connectivity index (χ3n) is 0.625. The minimum absolute atomic E-state index is 0.684. The molecule has 1 aromatic heterocycles. The maximum atomic E-state index is 4.95. The smallest absolute Gasteiger partial charge is 0.00255 e. The number of hydrogen-bond acceptors (Lipinski definition) is 2. The summed E-state index contributed by atoms with van der Waals surface area (Å²) in [6, 6.07) is 3.89. The van der Waals surface area contributed by atoms with Crippen molar-refractivity contribution in [1.82, 2.24) is 4.98 Å². The van der Waals surface area contributed by atoms with Gasteiger partial charge in [0.1, 0.15) is 0 Å². The molecule has 0 unspecified atom stereocenters. The lowest BCUT2D eigenvalue weighted by Crippen LogP contribution is -1.97. The molecule has 0 radical (unpaired) electrons. The molecule has 9 heavy (non-hydrogen) atoms. The van der Waals surface area contributed by atoms with Gasteiger partial charge in [0.2, 0.25) is 0 Å². The van der Waals surface area contributed by atoms with Gasteiger partial charge in [-0.25, -0.2) is 0 Å². The van der Waals surface area contributed by atoms with Crippen LogP contribution in [0, 0.1) is 0 Å². The van der Waals surface area contributed by atoms with Crippen LogP contribution < -0.4 is 5.73 Å². The monoisotopic (exact) mass is 144 g/mol. The molecule has 0 saturated heterocycles. The summed E-state index contributed by atoms with van der Waals surface area (Å²) < 4.78 is 0. The highest BCUT2D eigenvalue weighted by molar-refractivity contribution is 7.80. The molecule has 0 spiro atoms. The zero-order valence-electron chi connectivity index (χ0n) is 5.25. The molecule has 2 nitrogen and oxygen atoms in total. The van der Waals surface area contributed by atoms with Crippen molar-refractivity contribution in [3.8, 4) is 0 Å². The van der Waals surface area contributed by atoms with E-state index >= 15 is 0 Å². The van der Waals surface area contributed by atoms with E-state index < -0.39 is 0 Å². The summed E-state index contributed by atoms with van der Waals surface area (Å²) in [5, 5.41) is 0. The van der Waals surface area contributed by atoms with Crippen LogP contribution >= 0.6 is 12.6 Å². The molecule has 1 aromatic rings. The van der Waals surface area contributed by atoms with Gasteiger partial charge in [-0.15, -0.1) is 0 Å². The number of hydrogen-bond donors (Lipinski definition) is 3. The van der Waals surface area contributed by atoms with Gasteiger partial charge in [-0.3, -0.25) is 0 Å². The zero-order valence-corrected chi connectivity index (χ0v) is 6.14. The fraction of sp³-hybridized carbons (Fsp3) is 0.333. The first-order valence-electron chi connectivity index (χ1n) is 2.80. The second-order valence-corrected chi connectivity index (χ2v) is 1.84. The predicted molar refractivity (Wildman–Crippen MR) is 43.7 cm³/mol. The van der Waals surface area contributed by atoms with E-state index in [1.165, 1.54) is 0 Å². The second-order valence-electron chi connectivity index (χ2n) is 1.40. The molecule has 0 bridgehead atoms. The van der Waals surface area contributed by atoms with Gasteiger partial charge in [-0.05, 0) is 12.1 Å². The molecule has 0 atom stereocenters. The first-order valence-corrected chi connectivity index (χ1v) is 3.43. The Bertz CT molecular complexity index is 86.6. The maximum absolute atomic E-state index is 4.95. The molecule has 1 rings (SSSR count). The molecular formula is C6H12N2S. The van der Waals surface area contributed by atoms with Crippen molar-refractivity contribution in [2.24, 2.45) is 5.73 Å². The highest BCUT2D eigenvalue weighted by Crippen LogP contribution is 1.72. The van der Waals surface area contributed by atoms with E-state index in [9.17, 15) is 0 Å². The Morgan fingerprint density at radius 2 is 1.78 bits per heavy atom. The van der Waals surface area contributed by atoms with Crippen LogP contribution in [-0.4, -0.2) is 17.3 Å². The largest absolute Gasteiger partial charge is 0.368 e. The number of nitrogens with two attached hydrogens (primary N) is 1. The van der Waals surface area contributed by atoms with Gasteiger partial charge in [-0.1, -0.05) is 0 Å². The molecule has 0 aromatic carbocycles. The summed E-state index contributed by atoms with van der Waals surface area (Å²) in [7, 11) is 0. The number of rotatable bonds is 1. The maximum Gasteiger partial charge on any atom is 0.00255 e. The van der Waals surface area contributed by atoms with Crippen LogP contribution in [-0.2, 0) is 0 Å². The Morgan fingerprint density at radius 3 is 1.89 bits per heavy atom. The minimum atomic E-state index is 0.684. The van der Waals surface area contributed by atoms with Gasteiger partial charge >= 0.3 is 0 Å². The minimum Gasteiger partial charge on any atom is -0.368 e. The van der Waals surface area contributed by atoms with Crippen molar-refractivity contribution in [1.29, 1.82) is 0 Å². The van der Waals surface area contributed by atoms with Crippen LogP contribution in [0.2, 0.25) is 0 Å². The number of nitrogens with one attached hydrogen (secondary N) is 1. The average Bonchev–Trinajstić information content (AvgIpc) is 2.43. The standard InChI is InChI=1S/C4H5N.C2H7NS/c1-2-4-5-3-1;3-1-2-4/h1-5H;4H,1-3H2. The quantitative estimate of drug-likeness (QED) is 0.503. The fourth-order valence-corrected chi connectivity index (χ4v) is 0.278. The van der Waals surface area contributed by atoms with Gasteiger partial charge in [0.25, 0.3) is 0 Å². The SMILES string of the molecule is NCCS.c1cc[nH]c1. The molecule has 0 aliphatic rings. The lowest BCUT2D eigenvalue weighted by molar-refractivity contribution is 1.16. The zero-order chi connectivity index (χ0) is 6.95. The van der Waals surface area contributed by atoms with Crippen LogP contribution in [0.25, 0.3) is 0 Å². The first-order chi connectivity index (χ1) is 4.41. The highest BCUT2D eigenvalue weighted by atomic mass is 32.1. The summed E-state index contributed by atoms with van der Waals surface area (Å²) in [5.74, 6) is 0.792. The van der Waals surface area contributed by atoms with Crippen molar-refractivity contribution in [3.63, 3.8) is 0 Å². The first kappa shape index (κ1) is 8.59. The van der Waals surface area contributed by atoms with Crippen LogP contribution in [0.15, 0.2) is 24.5 Å². The lowest BCUT2D eigenvalue weighted by Gasteiger charge is -1.69. The molecule has 0 aliphatic heterocycles. The molecule has 1 heterocycles. The van der Waals surface area contributed by atoms with E-state index in [-0.39, 0.29) is 0 Å². The van der Waals surface area contributed by atoms with Crippen molar-refractivity contribution in [3.05, 3.63) is 24.5 Å². The molecule has 3 heteroatoms. The summed E-state index contributed by atoms with van der Waals surface area (Å²) in [5.41, 5.74) is 4.95. The molecule has 0 fully saturated rings. The highest BCUT2D eigenvalue weighted by Gasteiger charge is 1.56. The summed E-state index contributed by atoms with van der Waals surface area (Å²) in [6.45, 7) is 0.684. The van der Waals surface area contributed by atoms with Gasteiger partial charge in [0, 0.05) is 24.7 Å². The summed E-state index contributed by atoms with van der Waals surface area (Å²) in [6.07, 6.45) is 3.75. The Morgan fingerprint density at radius 1 is 1.33 bits per heavy atom.